The maximum atomic E-state index is 11.7. The molecule has 0 spiro atoms. The molecular formula is C14H20N2O4S. The molecule has 7 heteroatoms. The van der Waals surface area contributed by atoms with Crippen molar-refractivity contribution in [2.24, 2.45) is 0 Å². The second-order valence-corrected chi connectivity index (χ2v) is 7.04. The van der Waals surface area contributed by atoms with Gasteiger partial charge < -0.3 is 10.1 Å². The fraction of sp³-hybridized carbons (Fsp3) is 0.500. The molecule has 0 saturated carbocycles. The Kier molecular flexibility index (Phi) is 5.19. The number of benzene rings is 1. The van der Waals surface area contributed by atoms with E-state index in [1.807, 2.05) is 24.3 Å². The monoisotopic (exact) mass is 312 g/mol. The Hall–Kier alpha value is -1.60. The second-order valence-electron chi connectivity index (χ2n) is 4.95. The number of nitrogens with one attached hydrogen (secondary N) is 1. The van der Waals surface area contributed by atoms with Gasteiger partial charge in [0, 0.05) is 13.1 Å². The van der Waals surface area contributed by atoms with Crippen LogP contribution >= 0.6 is 0 Å². The minimum atomic E-state index is -3.21. The molecule has 6 nitrogen and oxygen atoms in total. The van der Waals surface area contributed by atoms with Gasteiger partial charge in [-0.15, -0.1) is 0 Å². The van der Waals surface area contributed by atoms with Gasteiger partial charge in [-0.25, -0.2) is 8.42 Å². The van der Waals surface area contributed by atoms with Gasteiger partial charge in [0.25, 0.3) is 0 Å². The lowest BCUT2D eigenvalue weighted by atomic mass is 10.1. The van der Waals surface area contributed by atoms with Crippen LogP contribution in [-0.2, 0) is 21.2 Å². The molecule has 1 aromatic rings. The molecular weight excluding hydrogens is 292 g/mol. The highest BCUT2D eigenvalue weighted by Gasteiger charge is 2.29. The van der Waals surface area contributed by atoms with Crippen LogP contribution in [0.4, 0.5) is 0 Å². The Labute approximate surface area is 125 Å². The summed E-state index contributed by atoms with van der Waals surface area (Å²) in [5.41, 5.74) is 1.09. The third-order valence-corrected chi connectivity index (χ3v) is 5.32. The molecule has 1 heterocycles. The number of methoxy groups -OCH3 is 1. The molecule has 116 valence electrons. The molecule has 0 bridgehead atoms. The Bertz CT molecular complexity index is 583. The first-order valence-corrected chi connectivity index (χ1v) is 8.49. The third-order valence-electron chi connectivity index (χ3n) is 3.42. The molecule has 1 aliphatic heterocycles. The van der Waals surface area contributed by atoms with Crippen LogP contribution < -0.4 is 10.1 Å². The molecule has 1 amide bonds. The molecule has 1 aliphatic rings. The van der Waals surface area contributed by atoms with Gasteiger partial charge in [0.1, 0.15) is 5.75 Å². The zero-order valence-electron chi connectivity index (χ0n) is 12.0. The summed E-state index contributed by atoms with van der Waals surface area (Å²) in [6, 6.07) is 7.62. The summed E-state index contributed by atoms with van der Waals surface area (Å²) in [5, 5.41) is 2.75. The Morgan fingerprint density at radius 1 is 1.33 bits per heavy atom. The van der Waals surface area contributed by atoms with Crippen molar-refractivity contribution in [1.29, 1.82) is 0 Å². The SMILES string of the molecule is COc1ccc(CCNC(=O)CN2CCCS2(=O)=O)cc1. The van der Waals surface area contributed by atoms with Crippen molar-refractivity contribution in [2.45, 2.75) is 12.8 Å². The van der Waals surface area contributed by atoms with E-state index in [4.69, 9.17) is 4.74 Å². The average molecular weight is 312 g/mol. The molecule has 1 aromatic carbocycles. The van der Waals surface area contributed by atoms with Gasteiger partial charge in [-0.1, -0.05) is 12.1 Å². The number of amides is 1. The van der Waals surface area contributed by atoms with Crippen molar-refractivity contribution in [1.82, 2.24) is 9.62 Å². The fourth-order valence-corrected chi connectivity index (χ4v) is 3.70. The summed E-state index contributed by atoms with van der Waals surface area (Å²) in [6.07, 6.45) is 1.30. The van der Waals surface area contributed by atoms with Crippen molar-refractivity contribution in [2.75, 3.05) is 32.5 Å². The minimum Gasteiger partial charge on any atom is -0.497 e. The number of carbonyl (C=O) groups is 1. The zero-order chi connectivity index (χ0) is 15.3. The molecule has 0 aliphatic carbocycles. The summed E-state index contributed by atoms with van der Waals surface area (Å²) in [5.74, 6) is 0.683. The number of sulfonamides is 1. The average Bonchev–Trinajstić information content (AvgIpc) is 2.78. The minimum absolute atomic E-state index is 0.0784. The van der Waals surface area contributed by atoms with Gasteiger partial charge in [-0.05, 0) is 30.5 Å². The third kappa shape index (κ3) is 4.44. The molecule has 0 radical (unpaired) electrons. The van der Waals surface area contributed by atoms with Gasteiger partial charge >= 0.3 is 0 Å². The number of rotatable bonds is 6. The van der Waals surface area contributed by atoms with E-state index in [1.54, 1.807) is 7.11 Å². The van der Waals surface area contributed by atoms with Crippen LogP contribution in [0.5, 0.6) is 5.75 Å². The largest absolute Gasteiger partial charge is 0.497 e. The van der Waals surface area contributed by atoms with Gasteiger partial charge in [-0.3, -0.25) is 4.79 Å². The molecule has 2 rings (SSSR count). The van der Waals surface area contributed by atoms with Crippen molar-refractivity contribution in [3.05, 3.63) is 29.8 Å². The van der Waals surface area contributed by atoms with Gasteiger partial charge in [0.15, 0.2) is 0 Å². The van der Waals surface area contributed by atoms with E-state index in [-0.39, 0.29) is 18.2 Å². The highest BCUT2D eigenvalue weighted by molar-refractivity contribution is 7.89. The van der Waals surface area contributed by atoms with Crippen LogP contribution in [-0.4, -0.2) is 51.1 Å². The van der Waals surface area contributed by atoms with E-state index in [0.717, 1.165) is 11.3 Å². The Morgan fingerprint density at radius 2 is 2.05 bits per heavy atom. The van der Waals surface area contributed by atoms with Crippen molar-refractivity contribution in [3.63, 3.8) is 0 Å². The van der Waals surface area contributed by atoms with E-state index in [9.17, 15) is 13.2 Å². The molecule has 0 aromatic heterocycles. The molecule has 1 fully saturated rings. The van der Waals surface area contributed by atoms with Crippen molar-refractivity contribution < 1.29 is 17.9 Å². The van der Waals surface area contributed by atoms with Gasteiger partial charge in [-0.2, -0.15) is 4.31 Å². The summed E-state index contributed by atoms with van der Waals surface area (Å²) >= 11 is 0. The topological polar surface area (TPSA) is 75.7 Å². The maximum Gasteiger partial charge on any atom is 0.235 e. The Morgan fingerprint density at radius 3 is 2.62 bits per heavy atom. The smallest absolute Gasteiger partial charge is 0.235 e. The highest BCUT2D eigenvalue weighted by Crippen LogP contribution is 2.12. The first-order valence-electron chi connectivity index (χ1n) is 6.89. The molecule has 0 atom stereocenters. The number of nitrogens with zero attached hydrogens (tertiary/aromatic N) is 1. The normalized spacial score (nSPS) is 17.6. The van der Waals surface area contributed by atoms with E-state index >= 15 is 0 Å². The molecule has 1 N–H and O–H groups in total. The molecule has 0 unspecified atom stereocenters. The van der Waals surface area contributed by atoms with Crippen LogP contribution in [0.1, 0.15) is 12.0 Å². The van der Waals surface area contributed by atoms with Gasteiger partial charge in [0.2, 0.25) is 15.9 Å². The van der Waals surface area contributed by atoms with Gasteiger partial charge in [0.05, 0.1) is 19.4 Å². The summed E-state index contributed by atoms with van der Waals surface area (Å²) in [7, 11) is -1.60. The van der Waals surface area contributed by atoms with Crippen LogP contribution in [0.25, 0.3) is 0 Å². The first-order chi connectivity index (χ1) is 10.0. The van der Waals surface area contributed by atoms with E-state index in [1.165, 1.54) is 4.31 Å². The maximum absolute atomic E-state index is 11.7. The Balaban J connectivity index is 1.74. The first kappa shape index (κ1) is 15.8. The number of hydrogen-bond acceptors (Lipinski definition) is 4. The van der Waals surface area contributed by atoms with Crippen LogP contribution in [0.3, 0.4) is 0 Å². The quantitative estimate of drug-likeness (QED) is 0.824. The number of hydrogen-bond donors (Lipinski definition) is 1. The predicted molar refractivity (Wildman–Crippen MR) is 79.7 cm³/mol. The van der Waals surface area contributed by atoms with Crippen molar-refractivity contribution in [3.8, 4) is 5.75 Å². The second kappa shape index (κ2) is 6.91. The standard InChI is InChI=1S/C14H20N2O4S/c1-20-13-5-3-12(4-6-13)7-8-15-14(17)11-16-9-2-10-21(16,18)19/h3-6H,2,7-11H2,1H3,(H,15,17). The summed E-state index contributed by atoms with van der Waals surface area (Å²) < 4.78 is 29.5. The highest BCUT2D eigenvalue weighted by atomic mass is 32.2. The zero-order valence-corrected chi connectivity index (χ0v) is 12.9. The lowest BCUT2D eigenvalue weighted by Crippen LogP contribution is -2.38. The lowest BCUT2D eigenvalue weighted by Gasteiger charge is -2.13. The van der Waals surface area contributed by atoms with E-state index in [0.29, 0.717) is 25.9 Å². The van der Waals surface area contributed by atoms with Crippen LogP contribution in [0.2, 0.25) is 0 Å². The van der Waals surface area contributed by atoms with Crippen LogP contribution in [0.15, 0.2) is 24.3 Å². The molecule has 1 saturated heterocycles. The summed E-state index contributed by atoms with van der Waals surface area (Å²) in [4.78, 5) is 11.7. The van der Waals surface area contributed by atoms with E-state index < -0.39 is 10.0 Å². The van der Waals surface area contributed by atoms with Crippen molar-refractivity contribution >= 4 is 15.9 Å². The summed E-state index contributed by atoms with van der Waals surface area (Å²) in [6.45, 7) is 0.845. The van der Waals surface area contributed by atoms with Crippen LogP contribution in [0, 0.1) is 0 Å². The van der Waals surface area contributed by atoms with E-state index in [2.05, 4.69) is 5.32 Å². The lowest BCUT2D eigenvalue weighted by molar-refractivity contribution is -0.121. The fourth-order valence-electron chi connectivity index (χ4n) is 2.22. The number of ether oxygens (including phenoxy) is 1. The molecule has 21 heavy (non-hydrogen) atoms. The predicted octanol–water partition coefficient (Wildman–Crippen LogP) is 0.389. The number of carbonyl (C=O) groups excluding carboxylic acids is 1.